The molecule has 0 amide bonds. The maximum Gasteiger partial charge on any atom is 0.127 e. The van der Waals surface area contributed by atoms with Crippen molar-refractivity contribution in [2.45, 2.75) is 19.8 Å². The van der Waals surface area contributed by atoms with Gasteiger partial charge in [-0.05, 0) is 30.7 Å². The van der Waals surface area contributed by atoms with E-state index in [4.69, 9.17) is 4.98 Å². The summed E-state index contributed by atoms with van der Waals surface area (Å²) in [5.74, 6) is 0. The lowest BCUT2D eigenvalue weighted by Gasteiger charge is -2.12. The molecule has 0 aliphatic heterocycles. The molecule has 0 spiro atoms. The van der Waals surface area contributed by atoms with E-state index in [0.29, 0.717) is 0 Å². The summed E-state index contributed by atoms with van der Waals surface area (Å²) in [5.41, 5.74) is 2.27. The molecule has 0 aliphatic carbocycles. The molecule has 0 fully saturated rings. The van der Waals surface area contributed by atoms with Gasteiger partial charge in [0.05, 0.1) is 11.2 Å². The predicted octanol–water partition coefficient (Wildman–Crippen LogP) is 6.58. The summed E-state index contributed by atoms with van der Waals surface area (Å²) in [7, 11) is 0. The topological polar surface area (TPSA) is 24.9 Å². The monoisotopic (exact) mass is 384 g/mol. The van der Waals surface area contributed by atoms with Crippen LogP contribution in [-0.4, -0.2) is 11.5 Å². The molecular weight excluding hydrogens is 368 g/mol. The standard InChI is InChI=1S/C19H17BrN2S/c1-2-3-10-21-18-14-11-12(20)8-9-15(14)22-19-17(18)13-6-4-5-7-16(13)23-19/h4-9,11H,2-3,10H2,1H3,(H,21,22). The minimum atomic E-state index is 0.988. The molecule has 2 nitrogen and oxygen atoms in total. The molecule has 0 saturated heterocycles. The van der Waals surface area contributed by atoms with Crippen LogP contribution in [0.15, 0.2) is 46.9 Å². The van der Waals surface area contributed by atoms with Gasteiger partial charge in [0, 0.05) is 31.9 Å². The highest BCUT2D eigenvalue weighted by Crippen LogP contribution is 2.41. The van der Waals surface area contributed by atoms with Gasteiger partial charge in [-0.25, -0.2) is 4.98 Å². The van der Waals surface area contributed by atoms with Crippen LogP contribution in [0.3, 0.4) is 0 Å². The maximum absolute atomic E-state index is 4.90. The van der Waals surface area contributed by atoms with Gasteiger partial charge in [-0.3, -0.25) is 0 Å². The summed E-state index contributed by atoms with van der Waals surface area (Å²) < 4.78 is 2.38. The first-order chi connectivity index (χ1) is 11.3. The van der Waals surface area contributed by atoms with Crippen molar-refractivity contribution in [1.29, 1.82) is 0 Å². The van der Waals surface area contributed by atoms with Crippen molar-refractivity contribution in [3.63, 3.8) is 0 Å². The van der Waals surface area contributed by atoms with Gasteiger partial charge in [0.2, 0.25) is 0 Å². The van der Waals surface area contributed by atoms with Crippen LogP contribution < -0.4 is 5.32 Å². The molecule has 4 rings (SSSR count). The number of fused-ring (bicyclic) bond motifs is 4. The maximum atomic E-state index is 4.90. The Hall–Kier alpha value is -1.65. The molecule has 2 aromatic carbocycles. The normalized spacial score (nSPS) is 11.6. The number of unbranched alkanes of at least 4 members (excludes halogenated alkanes) is 1. The zero-order valence-corrected chi connectivity index (χ0v) is 15.3. The average molecular weight is 385 g/mol. The van der Waals surface area contributed by atoms with Crippen molar-refractivity contribution in [1.82, 2.24) is 4.98 Å². The summed E-state index contributed by atoms with van der Waals surface area (Å²) in [6, 6.07) is 14.9. The number of aromatic nitrogens is 1. The van der Waals surface area contributed by atoms with E-state index >= 15 is 0 Å². The number of halogens is 1. The summed E-state index contributed by atoms with van der Waals surface area (Å²) in [4.78, 5) is 6.01. The summed E-state index contributed by atoms with van der Waals surface area (Å²) in [6.07, 6.45) is 2.36. The van der Waals surface area contributed by atoms with Crippen LogP contribution in [0.5, 0.6) is 0 Å². The van der Waals surface area contributed by atoms with E-state index in [1.54, 1.807) is 11.3 Å². The smallest absolute Gasteiger partial charge is 0.127 e. The lowest BCUT2D eigenvalue weighted by molar-refractivity contribution is 0.835. The lowest BCUT2D eigenvalue weighted by Crippen LogP contribution is -2.02. The third-order valence-electron chi connectivity index (χ3n) is 4.11. The summed E-state index contributed by atoms with van der Waals surface area (Å²) in [6.45, 7) is 3.21. The van der Waals surface area contributed by atoms with E-state index in [1.807, 2.05) is 0 Å². The molecule has 0 saturated carbocycles. The van der Waals surface area contributed by atoms with Gasteiger partial charge in [-0.15, -0.1) is 11.3 Å². The first-order valence-electron chi connectivity index (χ1n) is 7.92. The van der Waals surface area contributed by atoms with Crippen molar-refractivity contribution in [3.8, 4) is 0 Å². The van der Waals surface area contributed by atoms with Crippen LogP contribution >= 0.6 is 27.3 Å². The molecule has 116 valence electrons. The Bertz CT molecular complexity index is 1010. The molecule has 0 atom stereocenters. The Morgan fingerprint density at radius 1 is 1.13 bits per heavy atom. The number of hydrogen-bond donors (Lipinski definition) is 1. The average Bonchev–Trinajstić information content (AvgIpc) is 2.93. The van der Waals surface area contributed by atoms with Crippen molar-refractivity contribution in [3.05, 3.63) is 46.9 Å². The van der Waals surface area contributed by atoms with Crippen LogP contribution in [0.4, 0.5) is 5.69 Å². The van der Waals surface area contributed by atoms with Crippen molar-refractivity contribution >= 4 is 64.2 Å². The lowest BCUT2D eigenvalue weighted by atomic mass is 10.1. The molecule has 23 heavy (non-hydrogen) atoms. The zero-order valence-electron chi connectivity index (χ0n) is 12.9. The SMILES string of the molecule is CCCCNc1c2cc(Br)ccc2nc2sc3ccccc3c12. The van der Waals surface area contributed by atoms with Gasteiger partial charge in [-0.1, -0.05) is 47.5 Å². The van der Waals surface area contributed by atoms with Gasteiger partial charge < -0.3 is 5.32 Å². The number of rotatable bonds is 4. The van der Waals surface area contributed by atoms with Crippen LogP contribution in [0.25, 0.3) is 31.2 Å². The Morgan fingerprint density at radius 2 is 2.00 bits per heavy atom. The molecule has 4 heteroatoms. The van der Waals surface area contributed by atoms with E-state index in [-0.39, 0.29) is 0 Å². The molecule has 1 N–H and O–H groups in total. The van der Waals surface area contributed by atoms with E-state index < -0.39 is 0 Å². The van der Waals surface area contributed by atoms with Crippen molar-refractivity contribution in [2.75, 3.05) is 11.9 Å². The molecule has 4 aromatic rings. The number of benzene rings is 2. The fourth-order valence-electron chi connectivity index (χ4n) is 2.98. The molecular formula is C19H17BrN2S. The molecule has 2 aromatic heterocycles. The number of nitrogens with zero attached hydrogens (tertiary/aromatic N) is 1. The third-order valence-corrected chi connectivity index (χ3v) is 5.67. The minimum Gasteiger partial charge on any atom is -0.384 e. The quantitative estimate of drug-likeness (QED) is 0.402. The van der Waals surface area contributed by atoms with E-state index in [0.717, 1.165) is 21.4 Å². The van der Waals surface area contributed by atoms with Crippen LogP contribution in [0.2, 0.25) is 0 Å². The van der Waals surface area contributed by atoms with Crippen LogP contribution in [0, 0.1) is 0 Å². The molecule has 0 unspecified atom stereocenters. The molecule has 0 radical (unpaired) electrons. The van der Waals surface area contributed by atoms with E-state index in [2.05, 4.69) is 70.6 Å². The second-order valence-electron chi connectivity index (χ2n) is 5.71. The first kappa shape index (κ1) is 14.9. The van der Waals surface area contributed by atoms with E-state index in [1.165, 1.54) is 39.4 Å². The van der Waals surface area contributed by atoms with Crippen molar-refractivity contribution < 1.29 is 0 Å². The highest BCUT2D eigenvalue weighted by atomic mass is 79.9. The van der Waals surface area contributed by atoms with Gasteiger partial charge in [0.15, 0.2) is 0 Å². The van der Waals surface area contributed by atoms with Gasteiger partial charge in [0.25, 0.3) is 0 Å². The fraction of sp³-hybridized carbons (Fsp3) is 0.211. The summed E-state index contributed by atoms with van der Waals surface area (Å²) in [5, 5.41) is 7.42. The number of nitrogens with one attached hydrogen (secondary N) is 1. The fourth-order valence-corrected chi connectivity index (χ4v) is 4.43. The highest BCUT2D eigenvalue weighted by molar-refractivity contribution is 9.10. The molecule has 0 bridgehead atoms. The Balaban J connectivity index is 2.08. The van der Waals surface area contributed by atoms with Gasteiger partial charge in [-0.2, -0.15) is 0 Å². The highest BCUT2D eigenvalue weighted by Gasteiger charge is 2.14. The predicted molar refractivity (Wildman–Crippen MR) is 106 cm³/mol. The Labute approximate surface area is 147 Å². The Kier molecular flexibility index (Phi) is 3.95. The number of pyridine rings is 1. The number of thiophene rings is 1. The number of hydrogen-bond acceptors (Lipinski definition) is 3. The second kappa shape index (κ2) is 6.10. The van der Waals surface area contributed by atoms with Crippen molar-refractivity contribution in [2.24, 2.45) is 0 Å². The third kappa shape index (κ3) is 2.60. The van der Waals surface area contributed by atoms with Crippen LogP contribution in [-0.2, 0) is 0 Å². The second-order valence-corrected chi connectivity index (χ2v) is 7.65. The number of anilines is 1. The minimum absolute atomic E-state index is 0.988. The van der Waals surface area contributed by atoms with Crippen LogP contribution in [0.1, 0.15) is 19.8 Å². The van der Waals surface area contributed by atoms with Gasteiger partial charge >= 0.3 is 0 Å². The molecule has 2 heterocycles. The summed E-state index contributed by atoms with van der Waals surface area (Å²) >= 11 is 5.37. The molecule has 0 aliphatic rings. The van der Waals surface area contributed by atoms with Gasteiger partial charge in [0.1, 0.15) is 4.83 Å². The Morgan fingerprint density at radius 3 is 2.87 bits per heavy atom. The zero-order chi connectivity index (χ0) is 15.8. The first-order valence-corrected chi connectivity index (χ1v) is 9.53. The van der Waals surface area contributed by atoms with E-state index in [9.17, 15) is 0 Å². The largest absolute Gasteiger partial charge is 0.384 e.